The molecule has 134 valence electrons. The summed E-state index contributed by atoms with van der Waals surface area (Å²) in [5.74, 6) is -1.73. The van der Waals surface area contributed by atoms with Gasteiger partial charge >= 0.3 is 11.4 Å². The van der Waals surface area contributed by atoms with Crippen molar-refractivity contribution < 1.29 is 18.6 Å². The number of rotatable bonds is 3. The van der Waals surface area contributed by atoms with E-state index in [4.69, 9.17) is 23.2 Å². The minimum Gasteiger partial charge on any atom is -0.258 e. The lowest BCUT2D eigenvalue weighted by molar-refractivity contribution is -0.387. The van der Waals surface area contributed by atoms with E-state index in [9.17, 15) is 29.0 Å². The number of nitro groups is 2. The molecule has 0 amide bonds. The van der Waals surface area contributed by atoms with Gasteiger partial charge in [-0.25, -0.2) is 0 Å². The summed E-state index contributed by atoms with van der Waals surface area (Å²) in [6, 6.07) is 4.11. The summed E-state index contributed by atoms with van der Waals surface area (Å²) >= 11 is 14.3. The van der Waals surface area contributed by atoms with Crippen LogP contribution in [0.3, 0.4) is 0 Å². The summed E-state index contributed by atoms with van der Waals surface area (Å²) in [7, 11) is 0. The predicted octanol–water partition coefficient (Wildman–Crippen LogP) is 5.98. The molecule has 0 aliphatic carbocycles. The lowest BCUT2D eigenvalue weighted by atomic mass is 10.2. The molecule has 0 atom stereocenters. The van der Waals surface area contributed by atoms with Crippen LogP contribution in [0.25, 0.3) is 0 Å². The van der Waals surface area contributed by atoms with E-state index in [0.29, 0.717) is 16.5 Å². The highest BCUT2D eigenvalue weighted by molar-refractivity contribution is 9.08. The van der Waals surface area contributed by atoms with Gasteiger partial charge in [-0.05, 0) is 30.2 Å². The molecule has 11 heteroatoms. The summed E-state index contributed by atoms with van der Waals surface area (Å²) in [5, 5.41) is 21.2. The fourth-order valence-electron chi connectivity index (χ4n) is 1.60. The highest BCUT2D eigenvalue weighted by Gasteiger charge is 2.17. The quantitative estimate of drug-likeness (QED) is 0.322. The van der Waals surface area contributed by atoms with Crippen LogP contribution in [0.1, 0.15) is 11.1 Å². The molecule has 0 radical (unpaired) electrons. The van der Waals surface area contributed by atoms with E-state index in [-0.39, 0.29) is 10.0 Å². The van der Waals surface area contributed by atoms with Crippen LogP contribution in [-0.4, -0.2) is 9.85 Å². The monoisotopic (exact) mass is 456 g/mol. The molecule has 0 aromatic heterocycles. The van der Waals surface area contributed by atoms with Gasteiger partial charge in [0.15, 0.2) is 0 Å². The van der Waals surface area contributed by atoms with E-state index in [1.807, 2.05) is 0 Å². The van der Waals surface area contributed by atoms with E-state index in [1.165, 1.54) is 0 Å². The second-order valence-electron chi connectivity index (χ2n) is 4.60. The summed E-state index contributed by atoms with van der Waals surface area (Å²) in [4.78, 5) is 18.8. The molecular formula is C14H9BrCl2F2N2O4. The predicted molar refractivity (Wildman–Crippen MR) is 93.5 cm³/mol. The van der Waals surface area contributed by atoms with E-state index in [1.54, 1.807) is 6.92 Å². The summed E-state index contributed by atoms with van der Waals surface area (Å²) in [6.07, 6.45) is 0. The first-order valence-corrected chi connectivity index (χ1v) is 8.24. The zero-order chi connectivity index (χ0) is 19.3. The van der Waals surface area contributed by atoms with Crippen molar-refractivity contribution in [2.45, 2.75) is 12.3 Å². The molecule has 0 unspecified atom stereocenters. The summed E-state index contributed by atoms with van der Waals surface area (Å²) in [6.45, 7) is 1.58. The Morgan fingerprint density at radius 3 is 1.84 bits per heavy atom. The zero-order valence-electron chi connectivity index (χ0n) is 12.4. The first-order valence-electron chi connectivity index (χ1n) is 6.36. The Balaban J connectivity index is 0.000000251. The third-order valence-electron chi connectivity index (χ3n) is 2.88. The Morgan fingerprint density at radius 1 is 0.960 bits per heavy atom. The number of nitro benzene ring substituents is 2. The van der Waals surface area contributed by atoms with Crippen molar-refractivity contribution in [1.82, 2.24) is 0 Å². The average Bonchev–Trinajstić information content (AvgIpc) is 2.52. The van der Waals surface area contributed by atoms with Crippen LogP contribution in [0.2, 0.25) is 10.0 Å². The van der Waals surface area contributed by atoms with Crippen molar-refractivity contribution in [2.24, 2.45) is 0 Å². The van der Waals surface area contributed by atoms with Gasteiger partial charge in [-0.2, -0.15) is 8.78 Å². The highest BCUT2D eigenvalue weighted by atomic mass is 79.9. The Bertz CT molecular complexity index is 837. The number of alkyl halides is 1. The Kier molecular flexibility index (Phi) is 7.65. The summed E-state index contributed by atoms with van der Waals surface area (Å²) < 4.78 is 25.7. The smallest absolute Gasteiger partial charge is 0.258 e. The molecule has 0 bridgehead atoms. The van der Waals surface area contributed by atoms with E-state index in [0.717, 1.165) is 24.3 Å². The minimum absolute atomic E-state index is 0.185. The fourth-order valence-corrected chi connectivity index (χ4v) is 2.60. The lowest BCUT2D eigenvalue weighted by Gasteiger charge is -2.00. The zero-order valence-corrected chi connectivity index (χ0v) is 15.5. The van der Waals surface area contributed by atoms with Gasteiger partial charge < -0.3 is 0 Å². The Morgan fingerprint density at radius 2 is 1.40 bits per heavy atom. The molecule has 6 nitrogen and oxygen atoms in total. The molecule has 0 N–H and O–H groups in total. The highest BCUT2D eigenvalue weighted by Crippen LogP contribution is 2.27. The maximum absolute atomic E-state index is 12.9. The van der Waals surface area contributed by atoms with E-state index in [2.05, 4.69) is 15.9 Å². The molecule has 0 aliphatic rings. The average molecular weight is 458 g/mol. The van der Waals surface area contributed by atoms with Crippen molar-refractivity contribution in [1.29, 1.82) is 0 Å². The maximum atomic E-state index is 12.9. The number of aryl methyl sites for hydroxylation is 1. The number of hydrogen-bond donors (Lipinski definition) is 0. The number of nitrogens with zero attached hydrogens (tertiary/aromatic N) is 2. The van der Waals surface area contributed by atoms with Gasteiger partial charge in [0.2, 0.25) is 11.6 Å². The topological polar surface area (TPSA) is 86.3 Å². The van der Waals surface area contributed by atoms with Crippen LogP contribution in [0.5, 0.6) is 0 Å². The van der Waals surface area contributed by atoms with E-state index >= 15 is 0 Å². The largest absolute Gasteiger partial charge is 0.306 e. The maximum Gasteiger partial charge on any atom is 0.306 e. The van der Waals surface area contributed by atoms with Crippen molar-refractivity contribution in [3.8, 4) is 0 Å². The molecule has 0 saturated carbocycles. The summed E-state index contributed by atoms with van der Waals surface area (Å²) in [5.41, 5.74) is -0.218. The number of hydrogen-bond acceptors (Lipinski definition) is 4. The van der Waals surface area contributed by atoms with Crippen LogP contribution in [0.15, 0.2) is 24.3 Å². The molecule has 0 heterocycles. The lowest BCUT2D eigenvalue weighted by Crippen LogP contribution is -1.94. The second-order valence-corrected chi connectivity index (χ2v) is 5.97. The first-order chi connectivity index (χ1) is 11.6. The van der Waals surface area contributed by atoms with Crippen LogP contribution < -0.4 is 0 Å². The van der Waals surface area contributed by atoms with E-state index < -0.39 is 32.9 Å². The molecule has 2 aromatic carbocycles. The van der Waals surface area contributed by atoms with Crippen LogP contribution in [0.4, 0.5) is 20.2 Å². The Hall–Kier alpha value is -1.84. The fraction of sp³-hybridized carbons (Fsp3) is 0.143. The molecule has 25 heavy (non-hydrogen) atoms. The standard InChI is InChI=1S/C7H4BrClFNO2.C7H5ClFNO2/c8-3-4-1-6(10)7(11(12)13)2-5(4)9;1-4-2-6(9)7(10(11)12)3-5(4)8/h1-2H,3H2;2-3H,1H3. The molecule has 0 saturated heterocycles. The van der Waals surface area contributed by atoms with Crippen molar-refractivity contribution >= 4 is 50.5 Å². The molecule has 2 aromatic rings. The molecule has 0 fully saturated rings. The van der Waals surface area contributed by atoms with Crippen LogP contribution in [0, 0.1) is 38.8 Å². The molecule has 0 aliphatic heterocycles. The van der Waals surface area contributed by atoms with Gasteiger partial charge in [0.05, 0.1) is 19.9 Å². The van der Waals surface area contributed by atoms with Gasteiger partial charge in [-0.15, -0.1) is 0 Å². The number of halogens is 5. The van der Waals surface area contributed by atoms with Gasteiger partial charge in [0.25, 0.3) is 0 Å². The van der Waals surface area contributed by atoms with Gasteiger partial charge in [0, 0.05) is 17.5 Å². The minimum atomic E-state index is -0.871. The molecule has 0 spiro atoms. The number of benzene rings is 2. The van der Waals surface area contributed by atoms with Gasteiger partial charge in [0.1, 0.15) is 0 Å². The normalized spacial score (nSPS) is 10.0. The van der Waals surface area contributed by atoms with Crippen LogP contribution in [-0.2, 0) is 5.33 Å². The SMILES string of the molecule is Cc1cc(F)c([N+](=O)[O-])cc1Cl.O=[N+]([O-])c1cc(Cl)c(CBr)cc1F. The molecule has 2 rings (SSSR count). The molecular weight excluding hydrogens is 449 g/mol. The van der Waals surface area contributed by atoms with Crippen molar-refractivity contribution in [3.05, 3.63) is 77.3 Å². The Labute approximate surface area is 158 Å². The van der Waals surface area contributed by atoms with Gasteiger partial charge in [-0.3, -0.25) is 20.2 Å². The van der Waals surface area contributed by atoms with Crippen molar-refractivity contribution in [3.63, 3.8) is 0 Å². The first kappa shape index (κ1) is 21.2. The van der Waals surface area contributed by atoms with Crippen molar-refractivity contribution in [2.75, 3.05) is 0 Å². The van der Waals surface area contributed by atoms with Crippen LogP contribution >= 0.6 is 39.1 Å². The van der Waals surface area contributed by atoms with Gasteiger partial charge in [-0.1, -0.05) is 39.1 Å². The third-order valence-corrected chi connectivity index (χ3v) is 4.24. The third kappa shape index (κ3) is 5.58. The second kappa shape index (κ2) is 9.02.